The van der Waals surface area contributed by atoms with Crippen LogP contribution in [-0.4, -0.2) is 24.7 Å². The maximum atomic E-state index is 11.6. The van der Waals surface area contributed by atoms with Gasteiger partial charge in [0.05, 0.1) is 22.8 Å². The lowest BCUT2D eigenvalue weighted by Gasteiger charge is -2.10. The van der Waals surface area contributed by atoms with Gasteiger partial charge in [0.2, 0.25) is 0 Å². The molecule has 6 heterocycles. The van der Waals surface area contributed by atoms with Gasteiger partial charge >= 0.3 is 7.60 Å². The zero-order valence-electron chi connectivity index (χ0n) is 22.4. The zero-order chi connectivity index (χ0) is 29.4. The second-order valence-electron chi connectivity index (χ2n) is 9.64. The van der Waals surface area contributed by atoms with Gasteiger partial charge in [0.1, 0.15) is 4.62 Å². The van der Waals surface area contributed by atoms with E-state index in [0.29, 0.717) is 0 Å². The predicted molar refractivity (Wildman–Crippen MR) is 178 cm³/mol. The summed E-state index contributed by atoms with van der Waals surface area (Å²) in [7, 11) is -4.24. The molecule has 210 valence electrons. The molecular weight excluding hydrogens is 614 g/mol. The standard InChI is InChI=1S/C33H22N3O3PS3/c37-40(38,39)33-16-15-32(43-33)31-14-13-30(42-31)29-12-11-28(41-29)22-9-7-21(8-10-22)23-19-26(24-5-1-3-17-34-24)36-27(20-23)25-6-2-4-18-35-25/h1-20H,(H2,37,38,39). The highest BCUT2D eigenvalue weighted by atomic mass is 32.1. The average molecular weight is 636 g/mol. The molecule has 0 saturated carbocycles. The molecule has 10 heteroatoms. The molecule has 0 unspecified atom stereocenters. The van der Waals surface area contributed by atoms with Crippen molar-refractivity contribution in [3.05, 3.63) is 122 Å². The molecule has 0 amide bonds. The van der Waals surface area contributed by atoms with Crippen molar-refractivity contribution in [2.45, 2.75) is 0 Å². The van der Waals surface area contributed by atoms with Crippen molar-refractivity contribution in [1.82, 2.24) is 15.0 Å². The molecule has 0 saturated heterocycles. The molecule has 7 aromatic rings. The first kappa shape index (κ1) is 27.7. The van der Waals surface area contributed by atoms with Gasteiger partial charge in [-0.25, -0.2) is 4.98 Å². The SMILES string of the molecule is O=P(O)(O)c1ccc(-c2ccc(-c3ccc(-c4ccc(-c5cc(-c6ccccn6)nc(-c6ccccn6)c5)cc4)s3)s2)s1. The lowest BCUT2D eigenvalue weighted by Crippen LogP contribution is -1.94. The van der Waals surface area contributed by atoms with Crippen LogP contribution < -0.4 is 4.62 Å². The second-order valence-corrected chi connectivity index (χ2v) is 14.8. The number of aromatic nitrogens is 3. The van der Waals surface area contributed by atoms with Gasteiger partial charge in [-0.3, -0.25) is 14.5 Å². The fraction of sp³-hybridized carbons (Fsp3) is 0. The third-order valence-electron chi connectivity index (χ3n) is 6.76. The summed E-state index contributed by atoms with van der Waals surface area (Å²) in [6.45, 7) is 0. The first-order valence-electron chi connectivity index (χ1n) is 13.2. The molecular formula is C33H22N3O3PS3. The molecule has 0 atom stereocenters. The Morgan fingerprint density at radius 2 is 0.977 bits per heavy atom. The molecule has 0 fully saturated rings. The minimum atomic E-state index is -4.24. The minimum absolute atomic E-state index is 0.0898. The van der Waals surface area contributed by atoms with Crippen LogP contribution in [0.3, 0.4) is 0 Å². The first-order valence-corrected chi connectivity index (χ1v) is 17.3. The normalized spacial score (nSPS) is 11.6. The lowest BCUT2D eigenvalue weighted by atomic mass is 10.0. The fourth-order valence-electron chi connectivity index (χ4n) is 4.66. The molecule has 2 N–H and O–H groups in total. The van der Waals surface area contributed by atoms with Crippen LogP contribution in [0, 0.1) is 0 Å². The van der Waals surface area contributed by atoms with Crippen LogP contribution in [0.4, 0.5) is 0 Å². The fourth-order valence-corrected chi connectivity index (χ4v) is 8.64. The summed E-state index contributed by atoms with van der Waals surface area (Å²) in [4.78, 5) is 38.1. The largest absolute Gasteiger partial charge is 0.366 e. The Kier molecular flexibility index (Phi) is 7.44. The topological polar surface area (TPSA) is 96.2 Å². The van der Waals surface area contributed by atoms with E-state index in [1.807, 2.05) is 42.5 Å². The summed E-state index contributed by atoms with van der Waals surface area (Å²) in [6, 6.07) is 35.9. The zero-order valence-corrected chi connectivity index (χ0v) is 25.7. The highest BCUT2D eigenvalue weighted by Gasteiger charge is 2.20. The van der Waals surface area contributed by atoms with Crippen LogP contribution in [0.5, 0.6) is 0 Å². The highest BCUT2D eigenvalue weighted by Crippen LogP contribution is 2.44. The number of nitrogens with zero attached hydrogens (tertiary/aromatic N) is 3. The van der Waals surface area contributed by atoms with Gasteiger partial charge in [-0.1, -0.05) is 36.4 Å². The molecule has 0 aliphatic carbocycles. The van der Waals surface area contributed by atoms with Crippen molar-refractivity contribution in [3.8, 4) is 63.9 Å². The van der Waals surface area contributed by atoms with E-state index < -0.39 is 7.60 Å². The maximum absolute atomic E-state index is 11.6. The number of thiophene rings is 3. The summed E-state index contributed by atoms with van der Waals surface area (Å²) >= 11 is 4.48. The van der Waals surface area contributed by atoms with Gasteiger partial charge in [-0.15, -0.1) is 34.0 Å². The number of hydrogen-bond donors (Lipinski definition) is 2. The predicted octanol–water partition coefficient (Wildman–Crippen LogP) is 8.86. The molecule has 0 bridgehead atoms. The minimum Gasteiger partial charge on any atom is -0.320 e. The number of hydrogen-bond acceptors (Lipinski definition) is 7. The van der Waals surface area contributed by atoms with Crippen molar-refractivity contribution >= 4 is 46.2 Å². The molecule has 0 spiro atoms. The summed E-state index contributed by atoms with van der Waals surface area (Å²) in [6.07, 6.45) is 3.55. The van der Waals surface area contributed by atoms with E-state index in [-0.39, 0.29) is 4.62 Å². The Balaban J connectivity index is 1.16. The van der Waals surface area contributed by atoms with Crippen LogP contribution in [-0.2, 0) is 4.57 Å². The summed E-state index contributed by atoms with van der Waals surface area (Å²) < 4.78 is 11.7. The van der Waals surface area contributed by atoms with E-state index in [0.717, 1.165) is 75.2 Å². The second kappa shape index (κ2) is 11.5. The number of rotatable bonds is 7. The quantitative estimate of drug-likeness (QED) is 0.170. The Bertz CT molecular complexity index is 2020. The summed E-state index contributed by atoms with van der Waals surface area (Å²) in [5, 5.41) is 0. The Morgan fingerprint density at radius 1 is 0.488 bits per heavy atom. The lowest BCUT2D eigenvalue weighted by molar-refractivity contribution is 0.388. The van der Waals surface area contributed by atoms with Crippen LogP contribution in [0.1, 0.15) is 0 Å². The van der Waals surface area contributed by atoms with Gasteiger partial charge < -0.3 is 9.79 Å². The Labute approximate surface area is 259 Å². The van der Waals surface area contributed by atoms with Gasteiger partial charge in [0.15, 0.2) is 0 Å². The summed E-state index contributed by atoms with van der Waals surface area (Å²) in [5.74, 6) is 0. The van der Waals surface area contributed by atoms with Crippen molar-refractivity contribution in [3.63, 3.8) is 0 Å². The molecule has 1 aromatic carbocycles. The van der Waals surface area contributed by atoms with Gasteiger partial charge in [-0.05, 0) is 89.5 Å². The molecule has 43 heavy (non-hydrogen) atoms. The van der Waals surface area contributed by atoms with E-state index in [9.17, 15) is 14.4 Å². The summed E-state index contributed by atoms with van der Waals surface area (Å²) in [5.41, 5.74) is 6.44. The number of pyridine rings is 3. The molecule has 0 aliphatic heterocycles. The van der Waals surface area contributed by atoms with E-state index in [1.165, 1.54) is 6.07 Å². The smallest absolute Gasteiger partial charge is 0.320 e. The number of benzene rings is 1. The van der Waals surface area contributed by atoms with Gasteiger partial charge in [0, 0.05) is 36.8 Å². The average Bonchev–Trinajstić information content (AvgIpc) is 3.83. The molecule has 0 aliphatic rings. The first-order chi connectivity index (χ1) is 20.9. The Hall–Kier alpha value is -4.08. The molecule has 7 rings (SSSR count). The van der Waals surface area contributed by atoms with Crippen LogP contribution >= 0.6 is 41.6 Å². The van der Waals surface area contributed by atoms with Crippen LogP contribution in [0.15, 0.2) is 122 Å². The van der Waals surface area contributed by atoms with E-state index >= 15 is 0 Å². The molecule has 6 nitrogen and oxygen atoms in total. The molecule has 0 radical (unpaired) electrons. The van der Waals surface area contributed by atoms with Crippen LogP contribution in [0.25, 0.3) is 63.9 Å². The van der Waals surface area contributed by atoms with Gasteiger partial charge in [-0.2, -0.15) is 0 Å². The highest BCUT2D eigenvalue weighted by molar-refractivity contribution is 7.67. The van der Waals surface area contributed by atoms with E-state index in [2.05, 4.69) is 64.6 Å². The van der Waals surface area contributed by atoms with Gasteiger partial charge in [0.25, 0.3) is 0 Å². The maximum Gasteiger partial charge on any atom is 0.366 e. The monoisotopic (exact) mass is 635 g/mol. The third kappa shape index (κ3) is 5.92. The third-order valence-corrected chi connectivity index (χ3v) is 12.0. The molecule has 6 aromatic heterocycles. The van der Waals surface area contributed by atoms with Crippen molar-refractivity contribution in [2.24, 2.45) is 0 Å². The Morgan fingerprint density at radius 3 is 1.49 bits per heavy atom. The van der Waals surface area contributed by atoms with Crippen molar-refractivity contribution in [2.75, 3.05) is 0 Å². The van der Waals surface area contributed by atoms with Crippen molar-refractivity contribution in [1.29, 1.82) is 0 Å². The van der Waals surface area contributed by atoms with Crippen LogP contribution in [0.2, 0.25) is 0 Å². The van der Waals surface area contributed by atoms with E-state index in [1.54, 1.807) is 41.1 Å². The van der Waals surface area contributed by atoms with Crippen molar-refractivity contribution < 1.29 is 14.4 Å². The van der Waals surface area contributed by atoms with E-state index in [4.69, 9.17) is 4.98 Å².